The van der Waals surface area contributed by atoms with Crippen molar-refractivity contribution in [2.45, 2.75) is 17.9 Å². The van der Waals surface area contributed by atoms with E-state index in [2.05, 4.69) is 48.3 Å². The molecule has 0 fully saturated rings. The first kappa shape index (κ1) is 14.1. The fourth-order valence-corrected chi connectivity index (χ4v) is 3.29. The summed E-state index contributed by atoms with van der Waals surface area (Å²) in [5, 5.41) is 1.14. The summed E-state index contributed by atoms with van der Waals surface area (Å²) in [6.45, 7) is 2.11. The molecule has 2 N–H and O–H groups in total. The number of fused-ring (bicyclic) bond motifs is 1. The van der Waals surface area contributed by atoms with Crippen LogP contribution in [0, 0.1) is 6.92 Å². The zero-order chi connectivity index (χ0) is 14.7. The molecule has 3 aromatic rings. The minimum atomic E-state index is -0.00683. The first-order valence-electron chi connectivity index (χ1n) is 7.02. The van der Waals surface area contributed by atoms with Crippen LogP contribution in [0.2, 0.25) is 0 Å². The van der Waals surface area contributed by atoms with Crippen molar-refractivity contribution in [3.05, 3.63) is 71.9 Å². The summed E-state index contributed by atoms with van der Waals surface area (Å²) in [6.07, 6.45) is 1.89. The molecule has 0 bridgehead atoms. The van der Waals surface area contributed by atoms with Crippen LogP contribution in [0.3, 0.4) is 0 Å². The number of rotatable bonds is 4. The van der Waals surface area contributed by atoms with Crippen LogP contribution in [0.15, 0.2) is 65.7 Å². The molecule has 0 aliphatic carbocycles. The van der Waals surface area contributed by atoms with Crippen LogP contribution < -0.4 is 5.73 Å². The highest BCUT2D eigenvalue weighted by atomic mass is 32.2. The molecule has 3 rings (SSSR count). The molecule has 0 saturated heterocycles. The molecule has 0 aliphatic rings. The van der Waals surface area contributed by atoms with Crippen molar-refractivity contribution in [2.24, 2.45) is 5.73 Å². The molecule has 1 unspecified atom stereocenters. The number of aromatic nitrogens is 1. The van der Waals surface area contributed by atoms with Crippen molar-refractivity contribution in [1.82, 2.24) is 4.98 Å². The van der Waals surface area contributed by atoms with Crippen LogP contribution >= 0.6 is 11.8 Å². The first-order chi connectivity index (χ1) is 10.2. The van der Waals surface area contributed by atoms with Gasteiger partial charge in [0.1, 0.15) is 0 Å². The van der Waals surface area contributed by atoms with Crippen LogP contribution in [0.25, 0.3) is 10.9 Å². The molecule has 0 aliphatic heterocycles. The third-order valence-corrected chi connectivity index (χ3v) is 4.57. The number of hydrogen-bond acceptors (Lipinski definition) is 3. The third-order valence-electron chi connectivity index (χ3n) is 3.46. The number of nitrogens with zero attached hydrogens (tertiary/aromatic N) is 1. The molecule has 0 spiro atoms. The van der Waals surface area contributed by atoms with Gasteiger partial charge in [0.25, 0.3) is 0 Å². The van der Waals surface area contributed by atoms with Gasteiger partial charge in [0.2, 0.25) is 0 Å². The maximum absolute atomic E-state index is 6.31. The second kappa shape index (κ2) is 6.29. The van der Waals surface area contributed by atoms with Crippen LogP contribution in [0.5, 0.6) is 0 Å². The maximum Gasteiger partial charge on any atom is 0.0702 e. The van der Waals surface area contributed by atoms with Crippen LogP contribution in [-0.2, 0) is 0 Å². The Balaban J connectivity index is 1.73. The summed E-state index contributed by atoms with van der Waals surface area (Å²) in [5.74, 6) is 0.851. The van der Waals surface area contributed by atoms with Crippen molar-refractivity contribution < 1.29 is 0 Å². The molecule has 0 radical (unpaired) electrons. The van der Waals surface area contributed by atoms with Crippen molar-refractivity contribution in [3.63, 3.8) is 0 Å². The summed E-state index contributed by atoms with van der Waals surface area (Å²) in [7, 11) is 0. The fraction of sp³-hybridized carbons (Fsp3) is 0.167. The molecule has 0 saturated carbocycles. The summed E-state index contributed by atoms with van der Waals surface area (Å²) in [6, 6.07) is 18.8. The second-order valence-electron chi connectivity index (χ2n) is 5.20. The summed E-state index contributed by atoms with van der Waals surface area (Å²) < 4.78 is 0. The third kappa shape index (κ3) is 3.43. The molecule has 21 heavy (non-hydrogen) atoms. The van der Waals surface area contributed by atoms with E-state index in [0.29, 0.717) is 0 Å². The molecular weight excluding hydrogens is 276 g/mol. The number of hydrogen-bond donors (Lipinski definition) is 1. The van der Waals surface area contributed by atoms with E-state index in [9.17, 15) is 0 Å². The van der Waals surface area contributed by atoms with Gasteiger partial charge >= 0.3 is 0 Å². The number of pyridine rings is 1. The van der Waals surface area contributed by atoms with Crippen LogP contribution in [-0.4, -0.2) is 10.7 Å². The monoisotopic (exact) mass is 294 g/mol. The van der Waals surface area contributed by atoms with Crippen molar-refractivity contribution in [1.29, 1.82) is 0 Å². The predicted molar refractivity (Wildman–Crippen MR) is 90.6 cm³/mol. The van der Waals surface area contributed by atoms with E-state index in [1.54, 1.807) is 11.8 Å². The molecule has 1 atom stereocenters. The lowest BCUT2D eigenvalue weighted by Crippen LogP contribution is -2.13. The SMILES string of the molecule is Cc1cccc(SCC(N)c2cnc3ccccc3c2)c1. The van der Waals surface area contributed by atoms with Gasteiger partial charge in [-0.1, -0.05) is 35.9 Å². The Morgan fingerprint density at radius 3 is 2.81 bits per heavy atom. The molecule has 3 heteroatoms. The lowest BCUT2D eigenvalue weighted by Gasteiger charge is -2.12. The Morgan fingerprint density at radius 2 is 1.95 bits per heavy atom. The Labute approximate surface area is 129 Å². The highest BCUT2D eigenvalue weighted by molar-refractivity contribution is 7.99. The number of thioether (sulfide) groups is 1. The zero-order valence-electron chi connectivity index (χ0n) is 12.0. The van der Waals surface area contributed by atoms with Gasteiger partial charge in [0.05, 0.1) is 5.52 Å². The topological polar surface area (TPSA) is 38.9 Å². The highest BCUT2D eigenvalue weighted by Crippen LogP contribution is 2.25. The van der Waals surface area contributed by atoms with Gasteiger partial charge in [-0.15, -0.1) is 11.8 Å². The number of para-hydroxylation sites is 1. The molecular formula is C18H18N2S. The van der Waals surface area contributed by atoms with Gasteiger partial charge in [-0.05, 0) is 36.8 Å². The Morgan fingerprint density at radius 1 is 1.10 bits per heavy atom. The van der Waals surface area contributed by atoms with E-state index >= 15 is 0 Å². The lowest BCUT2D eigenvalue weighted by atomic mass is 10.1. The van der Waals surface area contributed by atoms with Crippen LogP contribution in [0.4, 0.5) is 0 Å². The van der Waals surface area contributed by atoms with Gasteiger partial charge in [0.15, 0.2) is 0 Å². The van der Waals surface area contributed by atoms with E-state index in [0.717, 1.165) is 22.2 Å². The average molecular weight is 294 g/mol. The molecule has 106 valence electrons. The quantitative estimate of drug-likeness (QED) is 0.728. The van der Waals surface area contributed by atoms with Crippen LogP contribution in [0.1, 0.15) is 17.2 Å². The Bertz CT molecular complexity index is 755. The highest BCUT2D eigenvalue weighted by Gasteiger charge is 2.08. The van der Waals surface area contributed by atoms with Gasteiger partial charge in [-0.2, -0.15) is 0 Å². The van der Waals surface area contributed by atoms with E-state index in [4.69, 9.17) is 5.73 Å². The summed E-state index contributed by atoms with van der Waals surface area (Å²) in [5.41, 5.74) is 9.69. The molecule has 2 aromatic carbocycles. The Kier molecular flexibility index (Phi) is 4.23. The molecule has 1 aromatic heterocycles. The van der Waals surface area contributed by atoms with E-state index in [1.807, 2.05) is 24.4 Å². The van der Waals surface area contributed by atoms with E-state index in [-0.39, 0.29) is 6.04 Å². The van der Waals surface area contributed by atoms with Crippen molar-refractivity contribution >= 4 is 22.7 Å². The standard InChI is InChI=1S/C18H18N2S/c1-13-5-4-7-16(9-13)21-12-17(19)15-10-14-6-2-3-8-18(14)20-11-15/h2-11,17H,12,19H2,1H3. The number of benzene rings is 2. The largest absolute Gasteiger partial charge is 0.323 e. The van der Waals surface area contributed by atoms with Crippen molar-refractivity contribution in [2.75, 3.05) is 5.75 Å². The van der Waals surface area contributed by atoms with Gasteiger partial charge in [-0.3, -0.25) is 4.98 Å². The summed E-state index contributed by atoms with van der Waals surface area (Å²) >= 11 is 1.79. The molecule has 1 heterocycles. The predicted octanol–water partition coefficient (Wildman–Crippen LogP) is 4.34. The Hall–Kier alpha value is -1.84. The van der Waals surface area contributed by atoms with E-state index in [1.165, 1.54) is 10.5 Å². The normalized spacial score (nSPS) is 12.5. The zero-order valence-corrected chi connectivity index (χ0v) is 12.8. The minimum Gasteiger partial charge on any atom is -0.323 e. The fourth-order valence-electron chi connectivity index (χ4n) is 2.28. The van der Waals surface area contributed by atoms with Gasteiger partial charge in [0, 0.05) is 28.3 Å². The van der Waals surface area contributed by atoms with Gasteiger partial charge < -0.3 is 5.73 Å². The second-order valence-corrected chi connectivity index (χ2v) is 6.29. The minimum absolute atomic E-state index is 0.00683. The number of nitrogens with two attached hydrogens (primary N) is 1. The molecule has 0 amide bonds. The van der Waals surface area contributed by atoms with Crippen molar-refractivity contribution in [3.8, 4) is 0 Å². The first-order valence-corrected chi connectivity index (χ1v) is 8.01. The van der Waals surface area contributed by atoms with Gasteiger partial charge in [-0.25, -0.2) is 0 Å². The smallest absolute Gasteiger partial charge is 0.0702 e. The lowest BCUT2D eigenvalue weighted by molar-refractivity contribution is 0.827. The number of aryl methyl sites for hydroxylation is 1. The molecule has 2 nitrogen and oxygen atoms in total. The average Bonchev–Trinajstić information content (AvgIpc) is 2.52. The summed E-state index contributed by atoms with van der Waals surface area (Å²) in [4.78, 5) is 5.75. The maximum atomic E-state index is 6.31. The van der Waals surface area contributed by atoms with E-state index < -0.39 is 0 Å².